The third-order valence-corrected chi connectivity index (χ3v) is 1.62. The summed E-state index contributed by atoms with van der Waals surface area (Å²) in [4.78, 5) is 22.0. The van der Waals surface area contributed by atoms with E-state index >= 15 is 0 Å². The minimum Gasteiger partial charge on any atom is -0.381 e. The number of carbonyl (C=O) groups excluding carboxylic acids is 2. The van der Waals surface area contributed by atoms with E-state index in [-0.39, 0.29) is 6.42 Å². The highest BCUT2D eigenvalue weighted by molar-refractivity contribution is 5.85. The van der Waals surface area contributed by atoms with Crippen LogP contribution in [0.3, 0.4) is 0 Å². The molecule has 0 saturated carbocycles. The van der Waals surface area contributed by atoms with Crippen LogP contribution in [0.4, 0.5) is 0 Å². The quantitative estimate of drug-likeness (QED) is 0.575. The Kier molecular flexibility index (Phi) is 3.65. The van der Waals surface area contributed by atoms with E-state index < -0.39 is 23.0 Å². The van der Waals surface area contributed by atoms with Crippen LogP contribution in [0.5, 0.6) is 0 Å². The number of hydrogen-bond donors (Lipinski definition) is 3. The van der Waals surface area contributed by atoms with Gasteiger partial charge in [-0.25, -0.2) is 0 Å². The Hall–Kier alpha value is -1.10. The summed E-state index contributed by atoms with van der Waals surface area (Å²) in [6, 6.07) is 0. The fourth-order valence-corrected chi connectivity index (χ4v) is 0.940. The number of amides is 2. The smallest absolute Gasteiger partial charge is 0.251 e. The van der Waals surface area contributed by atoms with Crippen molar-refractivity contribution in [2.24, 2.45) is 5.73 Å². The summed E-state index contributed by atoms with van der Waals surface area (Å²) in [5.74, 6) is -1.02. The molecule has 0 unspecified atom stereocenters. The molecule has 0 fully saturated rings. The lowest BCUT2D eigenvalue weighted by Crippen LogP contribution is -2.52. The molecule has 0 aromatic carbocycles. The van der Waals surface area contributed by atoms with Gasteiger partial charge in [0.1, 0.15) is 5.60 Å². The van der Waals surface area contributed by atoms with Crippen LogP contribution in [0.1, 0.15) is 34.1 Å². The summed E-state index contributed by atoms with van der Waals surface area (Å²) in [5.41, 5.74) is 2.83. The lowest BCUT2D eigenvalue weighted by molar-refractivity contribution is -0.138. The summed E-state index contributed by atoms with van der Waals surface area (Å²) >= 11 is 0. The highest BCUT2D eigenvalue weighted by Gasteiger charge is 2.30. The Labute approximate surface area is 83.7 Å². The highest BCUT2D eigenvalue weighted by atomic mass is 16.3. The number of rotatable bonds is 4. The van der Waals surface area contributed by atoms with E-state index in [2.05, 4.69) is 5.32 Å². The molecule has 0 heterocycles. The van der Waals surface area contributed by atoms with Crippen LogP contribution < -0.4 is 11.1 Å². The van der Waals surface area contributed by atoms with Crippen LogP contribution in [0.25, 0.3) is 0 Å². The molecule has 14 heavy (non-hydrogen) atoms. The molecule has 0 aliphatic rings. The molecule has 2 amide bonds. The van der Waals surface area contributed by atoms with Gasteiger partial charge in [0.2, 0.25) is 5.91 Å². The Bertz CT molecular complexity index is 241. The van der Waals surface area contributed by atoms with Crippen molar-refractivity contribution >= 4 is 11.8 Å². The molecule has 82 valence electrons. The zero-order chi connectivity index (χ0) is 11.6. The van der Waals surface area contributed by atoms with Gasteiger partial charge in [0.05, 0.1) is 0 Å². The number of primary amides is 1. The fourth-order valence-electron chi connectivity index (χ4n) is 0.940. The number of nitrogens with two attached hydrogens (primary N) is 1. The Morgan fingerprint density at radius 3 is 2.00 bits per heavy atom. The van der Waals surface area contributed by atoms with Gasteiger partial charge in [0.15, 0.2) is 0 Å². The summed E-state index contributed by atoms with van der Waals surface area (Å²) in [6.07, 6.45) is 0.0365. The molecular weight excluding hydrogens is 184 g/mol. The maximum absolute atomic E-state index is 11.3. The van der Waals surface area contributed by atoms with Gasteiger partial charge in [0.25, 0.3) is 5.91 Å². The van der Waals surface area contributed by atoms with Crippen molar-refractivity contribution in [1.29, 1.82) is 0 Å². The van der Waals surface area contributed by atoms with E-state index in [0.29, 0.717) is 0 Å². The average molecular weight is 202 g/mol. The van der Waals surface area contributed by atoms with E-state index in [0.717, 1.165) is 0 Å². The van der Waals surface area contributed by atoms with E-state index in [9.17, 15) is 14.7 Å². The monoisotopic (exact) mass is 202 g/mol. The van der Waals surface area contributed by atoms with Gasteiger partial charge >= 0.3 is 0 Å². The van der Waals surface area contributed by atoms with Crippen LogP contribution in [0.15, 0.2) is 0 Å². The molecule has 0 rings (SSSR count). The van der Waals surface area contributed by atoms with Crippen molar-refractivity contribution in [3.63, 3.8) is 0 Å². The second kappa shape index (κ2) is 3.96. The average Bonchev–Trinajstić information content (AvgIpc) is 1.79. The molecule has 0 aromatic heterocycles. The third-order valence-electron chi connectivity index (χ3n) is 1.62. The van der Waals surface area contributed by atoms with Gasteiger partial charge in [-0.1, -0.05) is 0 Å². The van der Waals surface area contributed by atoms with Gasteiger partial charge in [-0.2, -0.15) is 0 Å². The van der Waals surface area contributed by atoms with Gasteiger partial charge in [0, 0.05) is 12.0 Å². The molecule has 0 aliphatic carbocycles. The Morgan fingerprint density at radius 2 is 1.71 bits per heavy atom. The molecule has 0 aromatic rings. The summed E-state index contributed by atoms with van der Waals surface area (Å²) in [5, 5.41) is 11.9. The molecule has 5 nitrogen and oxygen atoms in total. The molecule has 0 aliphatic heterocycles. The first-order valence-electron chi connectivity index (χ1n) is 4.38. The number of hydrogen-bond acceptors (Lipinski definition) is 3. The topological polar surface area (TPSA) is 92.4 Å². The SMILES string of the molecule is CC(C)(CC(N)=O)NC(=O)C(C)(C)O. The number of nitrogens with one attached hydrogen (secondary N) is 1. The highest BCUT2D eigenvalue weighted by Crippen LogP contribution is 2.10. The van der Waals surface area contributed by atoms with E-state index in [4.69, 9.17) is 5.73 Å². The maximum atomic E-state index is 11.3. The van der Waals surface area contributed by atoms with Crippen LogP contribution in [0.2, 0.25) is 0 Å². The van der Waals surface area contributed by atoms with Crippen LogP contribution in [-0.4, -0.2) is 28.1 Å². The van der Waals surface area contributed by atoms with Gasteiger partial charge < -0.3 is 16.2 Å². The first-order valence-corrected chi connectivity index (χ1v) is 4.38. The first kappa shape index (κ1) is 12.9. The minimum absolute atomic E-state index is 0.0365. The zero-order valence-electron chi connectivity index (χ0n) is 9.05. The molecule has 0 radical (unpaired) electrons. The van der Waals surface area contributed by atoms with Crippen LogP contribution in [0, 0.1) is 0 Å². The number of aliphatic hydroxyl groups is 1. The van der Waals surface area contributed by atoms with E-state index in [1.807, 2.05) is 0 Å². The fraction of sp³-hybridized carbons (Fsp3) is 0.778. The van der Waals surface area contributed by atoms with Crippen LogP contribution in [-0.2, 0) is 9.59 Å². The molecule has 0 bridgehead atoms. The Balaban J connectivity index is 4.37. The molecule has 0 saturated heterocycles. The summed E-state index contributed by atoms with van der Waals surface area (Å²) in [6.45, 7) is 6.09. The van der Waals surface area contributed by atoms with Crippen molar-refractivity contribution < 1.29 is 14.7 Å². The largest absolute Gasteiger partial charge is 0.381 e. The van der Waals surface area contributed by atoms with Crippen molar-refractivity contribution in [1.82, 2.24) is 5.32 Å². The van der Waals surface area contributed by atoms with E-state index in [1.54, 1.807) is 13.8 Å². The maximum Gasteiger partial charge on any atom is 0.251 e. The summed E-state index contributed by atoms with van der Waals surface area (Å²) in [7, 11) is 0. The minimum atomic E-state index is -1.45. The van der Waals surface area contributed by atoms with Gasteiger partial charge in [-0.15, -0.1) is 0 Å². The second-order valence-electron chi connectivity index (χ2n) is 4.54. The molecule has 0 spiro atoms. The van der Waals surface area contributed by atoms with Crippen LogP contribution >= 0.6 is 0 Å². The van der Waals surface area contributed by atoms with Crippen molar-refractivity contribution in [3.05, 3.63) is 0 Å². The normalized spacial score (nSPS) is 12.4. The van der Waals surface area contributed by atoms with E-state index in [1.165, 1.54) is 13.8 Å². The third kappa shape index (κ3) is 4.81. The summed E-state index contributed by atoms with van der Waals surface area (Å²) < 4.78 is 0. The predicted molar refractivity (Wildman–Crippen MR) is 52.3 cm³/mol. The Morgan fingerprint density at radius 1 is 1.29 bits per heavy atom. The molecular formula is C9H18N2O3. The standard InChI is InChI=1S/C9H18N2O3/c1-8(2,5-6(10)12)11-7(13)9(3,4)14/h14H,5H2,1-4H3,(H2,10,12)(H,11,13). The lowest BCUT2D eigenvalue weighted by atomic mass is 9.98. The van der Waals surface area contributed by atoms with Crippen molar-refractivity contribution in [2.45, 2.75) is 45.3 Å². The lowest BCUT2D eigenvalue weighted by Gasteiger charge is -2.28. The van der Waals surface area contributed by atoms with Crippen molar-refractivity contribution in [2.75, 3.05) is 0 Å². The number of carbonyl (C=O) groups is 2. The first-order chi connectivity index (χ1) is 6.04. The zero-order valence-corrected chi connectivity index (χ0v) is 9.05. The van der Waals surface area contributed by atoms with Crippen molar-refractivity contribution in [3.8, 4) is 0 Å². The van der Waals surface area contributed by atoms with Gasteiger partial charge in [-0.05, 0) is 27.7 Å². The predicted octanol–water partition coefficient (Wildman–Crippen LogP) is -0.472. The molecule has 5 heteroatoms. The molecule has 0 atom stereocenters. The second-order valence-corrected chi connectivity index (χ2v) is 4.54. The molecule has 4 N–H and O–H groups in total. The van der Waals surface area contributed by atoms with Gasteiger partial charge in [-0.3, -0.25) is 9.59 Å².